The van der Waals surface area contributed by atoms with Gasteiger partial charge in [0, 0.05) is 51.4 Å². The average Bonchev–Trinajstić information content (AvgIpc) is 2.79. The van der Waals surface area contributed by atoms with E-state index in [4.69, 9.17) is 0 Å². The molecule has 0 aliphatic carbocycles. The highest BCUT2D eigenvalue weighted by Crippen LogP contribution is 2.17. The van der Waals surface area contributed by atoms with Crippen LogP contribution in [0.2, 0.25) is 0 Å². The predicted octanol–water partition coefficient (Wildman–Crippen LogP) is 2.62. The van der Waals surface area contributed by atoms with E-state index in [9.17, 15) is 9.18 Å². The summed E-state index contributed by atoms with van der Waals surface area (Å²) in [5.74, 6) is 0.625. The van der Waals surface area contributed by atoms with Crippen LogP contribution in [0.1, 0.15) is 18.9 Å². The van der Waals surface area contributed by atoms with E-state index in [1.807, 2.05) is 42.2 Å². The second-order valence-corrected chi connectivity index (χ2v) is 7.20. The van der Waals surface area contributed by atoms with Crippen molar-refractivity contribution in [3.63, 3.8) is 0 Å². The molecule has 0 spiro atoms. The van der Waals surface area contributed by atoms with Crippen LogP contribution in [0, 0.1) is 5.82 Å². The van der Waals surface area contributed by atoms with E-state index < -0.39 is 0 Å². The maximum Gasteiger partial charge on any atom is 0.224 e. The standard InChI is InChI=1S/C23H30FN5O/c1-2-25-23(27-18-19-6-4-3-5-7-19)26-13-12-22(30)29-16-14-28(15-17-29)21-10-8-20(24)9-11-21/h3-11H,2,12-18H2,1H3,(H2,25,26,27). The molecule has 1 aliphatic rings. The van der Waals surface area contributed by atoms with Crippen LogP contribution in [0.5, 0.6) is 0 Å². The van der Waals surface area contributed by atoms with Gasteiger partial charge in [0.15, 0.2) is 5.96 Å². The zero-order chi connectivity index (χ0) is 21.2. The highest BCUT2D eigenvalue weighted by atomic mass is 19.1. The lowest BCUT2D eigenvalue weighted by molar-refractivity contribution is -0.131. The minimum Gasteiger partial charge on any atom is -0.368 e. The third-order valence-electron chi connectivity index (χ3n) is 5.06. The van der Waals surface area contributed by atoms with Gasteiger partial charge in [-0.3, -0.25) is 4.79 Å². The summed E-state index contributed by atoms with van der Waals surface area (Å²) in [6.45, 7) is 6.78. The SMILES string of the molecule is CCNC(=NCc1ccccc1)NCCC(=O)N1CCN(c2ccc(F)cc2)CC1. The molecule has 0 aromatic heterocycles. The zero-order valence-electron chi connectivity index (χ0n) is 17.5. The fraction of sp³-hybridized carbons (Fsp3) is 0.391. The molecule has 2 aromatic rings. The first-order chi connectivity index (χ1) is 14.7. The van der Waals surface area contributed by atoms with Crippen LogP contribution in [0.3, 0.4) is 0 Å². The van der Waals surface area contributed by atoms with Crippen molar-refractivity contribution in [1.29, 1.82) is 0 Å². The summed E-state index contributed by atoms with van der Waals surface area (Å²) < 4.78 is 13.1. The third kappa shape index (κ3) is 6.47. The lowest BCUT2D eigenvalue weighted by atomic mass is 10.2. The van der Waals surface area contributed by atoms with E-state index >= 15 is 0 Å². The molecule has 1 saturated heterocycles. The van der Waals surface area contributed by atoms with Crippen molar-refractivity contribution in [3.05, 3.63) is 66.0 Å². The second kappa shape index (κ2) is 11.2. The molecule has 2 N–H and O–H groups in total. The fourth-order valence-electron chi connectivity index (χ4n) is 3.41. The molecule has 0 saturated carbocycles. The monoisotopic (exact) mass is 411 g/mol. The molecule has 0 atom stereocenters. The van der Waals surface area contributed by atoms with Crippen LogP contribution < -0.4 is 15.5 Å². The van der Waals surface area contributed by atoms with E-state index in [2.05, 4.69) is 20.5 Å². The lowest BCUT2D eigenvalue weighted by Crippen LogP contribution is -2.49. The van der Waals surface area contributed by atoms with Crippen molar-refractivity contribution in [3.8, 4) is 0 Å². The number of carbonyl (C=O) groups is 1. The van der Waals surface area contributed by atoms with Crippen molar-refractivity contribution in [1.82, 2.24) is 15.5 Å². The van der Waals surface area contributed by atoms with Gasteiger partial charge < -0.3 is 20.4 Å². The summed E-state index contributed by atoms with van der Waals surface area (Å²) in [5, 5.41) is 6.46. The molecule has 1 aliphatic heterocycles. The van der Waals surface area contributed by atoms with E-state index in [-0.39, 0.29) is 11.7 Å². The van der Waals surface area contributed by atoms with Crippen LogP contribution in [0.4, 0.5) is 10.1 Å². The van der Waals surface area contributed by atoms with E-state index in [0.29, 0.717) is 32.6 Å². The quantitative estimate of drug-likeness (QED) is 0.543. The average molecular weight is 412 g/mol. The van der Waals surface area contributed by atoms with Crippen LogP contribution >= 0.6 is 0 Å². The molecule has 0 unspecified atom stereocenters. The van der Waals surface area contributed by atoms with Crippen LogP contribution in [0.15, 0.2) is 59.6 Å². The number of aliphatic imine (C=N–C) groups is 1. The Morgan fingerprint density at radius 1 is 1.00 bits per heavy atom. The highest BCUT2D eigenvalue weighted by Gasteiger charge is 2.21. The predicted molar refractivity (Wildman–Crippen MR) is 119 cm³/mol. The normalized spacial score (nSPS) is 14.5. The first kappa shape index (κ1) is 21.6. The number of guanidine groups is 1. The Morgan fingerprint density at radius 2 is 1.70 bits per heavy atom. The largest absolute Gasteiger partial charge is 0.368 e. The number of nitrogens with one attached hydrogen (secondary N) is 2. The first-order valence-corrected chi connectivity index (χ1v) is 10.5. The van der Waals surface area contributed by atoms with Gasteiger partial charge in [0.25, 0.3) is 0 Å². The second-order valence-electron chi connectivity index (χ2n) is 7.20. The molecule has 30 heavy (non-hydrogen) atoms. The molecular weight excluding hydrogens is 381 g/mol. The Morgan fingerprint density at radius 3 is 2.37 bits per heavy atom. The van der Waals surface area contributed by atoms with Crippen molar-refractivity contribution in [2.75, 3.05) is 44.2 Å². The molecule has 7 heteroatoms. The number of rotatable bonds is 7. The van der Waals surface area contributed by atoms with Gasteiger partial charge in [0.2, 0.25) is 5.91 Å². The van der Waals surface area contributed by atoms with E-state index in [0.717, 1.165) is 36.8 Å². The Bertz CT molecular complexity index is 817. The number of carbonyl (C=O) groups excluding carboxylic acids is 1. The van der Waals surface area contributed by atoms with Crippen LogP contribution in [-0.2, 0) is 11.3 Å². The zero-order valence-corrected chi connectivity index (χ0v) is 17.5. The molecule has 160 valence electrons. The Balaban J connectivity index is 1.41. The van der Waals surface area contributed by atoms with Gasteiger partial charge in [0.1, 0.15) is 5.82 Å². The molecule has 1 amide bonds. The molecule has 0 radical (unpaired) electrons. The maximum absolute atomic E-state index is 13.1. The van der Waals surface area contributed by atoms with Gasteiger partial charge in [-0.25, -0.2) is 9.38 Å². The van der Waals surface area contributed by atoms with Crippen molar-refractivity contribution < 1.29 is 9.18 Å². The number of halogens is 1. The van der Waals surface area contributed by atoms with Gasteiger partial charge >= 0.3 is 0 Å². The summed E-state index contributed by atoms with van der Waals surface area (Å²) in [6.07, 6.45) is 0.423. The Hall–Kier alpha value is -3.09. The number of anilines is 1. The number of nitrogens with zero attached hydrogens (tertiary/aromatic N) is 3. The summed E-state index contributed by atoms with van der Waals surface area (Å²) in [6, 6.07) is 16.6. The van der Waals surface area contributed by atoms with Crippen molar-refractivity contribution >= 4 is 17.6 Å². The lowest BCUT2D eigenvalue weighted by Gasteiger charge is -2.36. The summed E-state index contributed by atoms with van der Waals surface area (Å²) >= 11 is 0. The molecule has 0 bridgehead atoms. The molecule has 2 aromatic carbocycles. The highest BCUT2D eigenvalue weighted by molar-refractivity contribution is 5.81. The third-order valence-corrected chi connectivity index (χ3v) is 5.06. The molecule has 1 heterocycles. The van der Waals surface area contributed by atoms with E-state index in [1.165, 1.54) is 12.1 Å². The minimum atomic E-state index is -0.232. The van der Waals surface area contributed by atoms with Crippen LogP contribution in [0.25, 0.3) is 0 Å². The van der Waals surface area contributed by atoms with E-state index in [1.54, 1.807) is 12.1 Å². The Labute approximate surface area is 177 Å². The number of piperazine rings is 1. The number of hydrogen-bond donors (Lipinski definition) is 2. The molecule has 3 rings (SSSR count). The van der Waals surface area contributed by atoms with Crippen molar-refractivity contribution in [2.45, 2.75) is 19.9 Å². The van der Waals surface area contributed by atoms with Crippen LogP contribution in [-0.4, -0.2) is 56.0 Å². The summed E-state index contributed by atoms with van der Waals surface area (Å²) in [4.78, 5) is 21.2. The summed E-state index contributed by atoms with van der Waals surface area (Å²) in [5.41, 5.74) is 2.14. The minimum absolute atomic E-state index is 0.139. The van der Waals surface area contributed by atoms with Gasteiger partial charge in [-0.05, 0) is 36.8 Å². The van der Waals surface area contributed by atoms with Crippen molar-refractivity contribution in [2.24, 2.45) is 4.99 Å². The smallest absolute Gasteiger partial charge is 0.224 e. The van der Waals surface area contributed by atoms with Gasteiger partial charge in [-0.1, -0.05) is 30.3 Å². The van der Waals surface area contributed by atoms with Gasteiger partial charge in [0.05, 0.1) is 6.54 Å². The molecular formula is C23H30FN5O. The van der Waals surface area contributed by atoms with Gasteiger partial charge in [-0.15, -0.1) is 0 Å². The maximum atomic E-state index is 13.1. The Kier molecular flexibility index (Phi) is 8.06. The molecule has 1 fully saturated rings. The molecule has 6 nitrogen and oxygen atoms in total. The fourth-order valence-corrected chi connectivity index (χ4v) is 3.41. The summed E-state index contributed by atoms with van der Waals surface area (Å²) in [7, 11) is 0. The number of amides is 1. The first-order valence-electron chi connectivity index (χ1n) is 10.5. The topological polar surface area (TPSA) is 60.0 Å². The number of benzene rings is 2. The van der Waals surface area contributed by atoms with Gasteiger partial charge in [-0.2, -0.15) is 0 Å². The number of hydrogen-bond acceptors (Lipinski definition) is 3.